The number of benzene rings is 1. The van der Waals surface area contributed by atoms with Gasteiger partial charge in [-0.1, -0.05) is 34.7 Å². The molecule has 3 aromatic rings. The molecule has 0 radical (unpaired) electrons. The Balaban J connectivity index is 1.46. The number of anilines is 2. The highest BCUT2D eigenvalue weighted by Gasteiger charge is 2.19. The van der Waals surface area contributed by atoms with Crippen LogP contribution >= 0.6 is 34.7 Å². The van der Waals surface area contributed by atoms with Crippen LogP contribution in [0.4, 0.5) is 10.8 Å². The first kappa shape index (κ1) is 21.0. The molecule has 1 aliphatic rings. The third kappa shape index (κ3) is 4.40. The molecule has 4 rings (SSSR count). The van der Waals surface area contributed by atoms with Crippen LogP contribution in [0.1, 0.15) is 12.8 Å². The number of amides is 1. The van der Waals surface area contributed by atoms with Crippen LogP contribution in [0.15, 0.2) is 23.5 Å². The van der Waals surface area contributed by atoms with E-state index in [1.807, 2.05) is 0 Å². The summed E-state index contributed by atoms with van der Waals surface area (Å²) in [6.07, 6.45) is 3.85. The maximum absolute atomic E-state index is 12.5. The number of hydrogen-bond donors (Lipinski definition) is 1. The molecule has 0 unspecified atom stereocenters. The van der Waals surface area contributed by atoms with Crippen LogP contribution < -0.4 is 19.7 Å². The quantitative estimate of drug-likeness (QED) is 0.412. The minimum atomic E-state index is -0.199. The van der Waals surface area contributed by atoms with E-state index in [9.17, 15) is 4.79 Å². The van der Waals surface area contributed by atoms with Crippen molar-refractivity contribution < 1.29 is 14.3 Å². The summed E-state index contributed by atoms with van der Waals surface area (Å²) < 4.78 is 11.4. The first-order valence-corrected chi connectivity index (χ1v) is 11.5. The normalized spacial score (nSPS) is 13.6. The highest BCUT2D eigenvalue weighted by molar-refractivity contribution is 8.00. The van der Waals surface area contributed by atoms with E-state index in [1.165, 1.54) is 45.2 Å². The van der Waals surface area contributed by atoms with Crippen molar-refractivity contribution in [1.29, 1.82) is 0 Å². The molecule has 0 spiro atoms. The van der Waals surface area contributed by atoms with Gasteiger partial charge in [-0.25, -0.2) is 9.97 Å². The van der Waals surface area contributed by atoms with Gasteiger partial charge in [0.15, 0.2) is 10.8 Å². The zero-order chi connectivity index (χ0) is 21.1. The number of carbonyl (C=O) groups is 1. The third-order valence-corrected chi connectivity index (χ3v) is 7.14. The largest absolute Gasteiger partial charge is 0.495 e. The summed E-state index contributed by atoms with van der Waals surface area (Å²) in [5.41, 5.74) is 1.15. The maximum atomic E-state index is 12.5. The minimum absolute atomic E-state index is 0.176. The highest BCUT2D eigenvalue weighted by atomic mass is 35.5. The number of thiazole rings is 1. The Labute approximate surface area is 187 Å². The fourth-order valence-corrected chi connectivity index (χ4v) is 5.33. The third-order valence-electron chi connectivity index (χ3n) is 4.61. The summed E-state index contributed by atoms with van der Waals surface area (Å²) in [6, 6.07) is 3.24. The summed E-state index contributed by atoms with van der Waals surface area (Å²) >= 11 is 9.10. The highest BCUT2D eigenvalue weighted by Crippen LogP contribution is 2.37. The van der Waals surface area contributed by atoms with Crippen LogP contribution in [0, 0.1) is 0 Å². The topological polar surface area (TPSA) is 89.5 Å². The van der Waals surface area contributed by atoms with Crippen molar-refractivity contribution in [3.05, 3.63) is 23.5 Å². The van der Waals surface area contributed by atoms with E-state index in [-0.39, 0.29) is 11.7 Å². The fourth-order valence-electron chi connectivity index (χ4n) is 3.15. The van der Waals surface area contributed by atoms with Crippen LogP contribution in [0.3, 0.4) is 0 Å². The molecular formula is C19H20ClN5O3S2. The lowest BCUT2D eigenvalue weighted by Crippen LogP contribution is -2.16. The van der Waals surface area contributed by atoms with Crippen molar-refractivity contribution in [2.75, 3.05) is 43.3 Å². The predicted molar refractivity (Wildman–Crippen MR) is 121 cm³/mol. The second kappa shape index (κ2) is 9.23. The summed E-state index contributed by atoms with van der Waals surface area (Å²) in [7, 11) is 3.04. The Morgan fingerprint density at radius 1 is 1.23 bits per heavy atom. The molecule has 0 aliphatic carbocycles. The van der Waals surface area contributed by atoms with Gasteiger partial charge in [-0.3, -0.25) is 4.79 Å². The molecule has 2 aromatic heterocycles. The number of nitrogens with one attached hydrogen (secondary N) is 1. The predicted octanol–water partition coefficient (Wildman–Crippen LogP) is 4.09. The van der Waals surface area contributed by atoms with Crippen molar-refractivity contribution in [2.24, 2.45) is 0 Å². The average molecular weight is 466 g/mol. The molecule has 158 valence electrons. The van der Waals surface area contributed by atoms with Crippen LogP contribution in [0.25, 0.3) is 10.3 Å². The standard InChI is InChI=1S/C19H20ClN5O3S2/c1-27-13-8-14(28-2)12(7-11(13)20)23-15(26)9-29-18-16-17(21-10-22-18)24-19(30-16)25-5-3-4-6-25/h7-8,10H,3-6,9H2,1-2H3,(H,23,26). The Morgan fingerprint density at radius 2 is 2.00 bits per heavy atom. The number of halogens is 1. The average Bonchev–Trinajstić information content (AvgIpc) is 3.42. The van der Waals surface area contributed by atoms with Crippen molar-refractivity contribution in [1.82, 2.24) is 15.0 Å². The summed E-state index contributed by atoms with van der Waals surface area (Å²) in [5, 5.41) is 4.93. The number of nitrogens with zero attached hydrogens (tertiary/aromatic N) is 4. The summed E-state index contributed by atoms with van der Waals surface area (Å²) in [4.78, 5) is 28.1. The monoisotopic (exact) mass is 465 g/mol. The summed E-state index contributed by atoms with van der Waals surface area (Å²) in [5.74, 6) is 0.922. The van der Waals surface area contributed by atoms with Gasteiger partial charge in [0.05, 0.1) is 30.7 Å². The SMILES string of the molecule is COc1cc(OC)c(NC(=O)CSc2ncnc3nc(N4CCCC4)sc23)cc1Cl. The molecule has 1 aliphatic heterocycles. The van der Waals surface area contributed by atoms with E-state index in [0.29, 0.717) is 27.9 Å². The van der Waals surface area contributed by atoms with Crippen LogP contribution in [0.5, 0.6) is 11.5 Å². The number of methoxy groups -OCH3 is 2. The number of ether oxygens (including phenoxy) is 2. The number of fused-ring (bicyclic) bond motifs is 1. The number of hydrogen-bond acceptors (Lipinski definition) is 9. The minimum Gasteiger partial charge on any atom is -0.495 e. The van der Waals surface area contributed by atoms with Crippen LogP contribution in [-0.4, -0.2) is 53.9 Å². The number of aromatic nitrogens is 3. The fraction of sp³-hybridized carbons (Fsp3) is 0.368. The second-order valence-electron chi connectivity index (χ2n) is 6.55. The summed E-state index contributed by atoms with van der Waals surface area (Å²) in [6.45, 7) is 2.04. The lowest BCUT2D eigenvalue weighted by molar-refractivity contribution is -0.113. The molecule has 0 saturated carbocycles. The van der Waals surface area contributed by atoms with Crippen LogP contribution in [-0.2, 0) is 4.79 Å². The number of thioether (sulfide) groups is 1. The van der Waals surface area contributed by atoms with Gasteiger partial charge in [0.1, 0.15) is 27.6 Å². The molecule has 30 heavy (non-hydrogen) atoms. The molecule has 1 N–H and O–H groups in total. The van der Waals surface area contributed by atoms with Gasteiger partial charge in [0.25, 0.3) is 0 Å². The van der Waals surface area contributed by atoms with Gasteiger partial charge >= 0.3 is 0 Å². The molecule has 8 nitrogen and oxygen atoms in total. The first-order valence-electron chi connectivity index (χ1n) is 9.29. The van der Waals surface area contributed by atoms with Gasteiger partial charge in [-0.2, -0.15) is 4.98 Å². The van der Waals surface area contributed by atoms with E-state index in [4.69, 9.17) is 21.1 Å². The Morgan fingerprint density at radius 3 is 2.73 bits per heavy atom. The number of carbonyl (C=O) groups excluding carboxylic acids is 1. The van der Waals surface area contributed by atoms with Gasteiger partial charge in [0, 0.05) is 19.2 Å². The van der Waals surface area contributed by atoms with E-state index >= 15 is 0 Å². The van der Waals surface area contributed by atoms with Gasteiger partial charge in [-0.15, -0.1) is 0 Å². The molecule has 0 atom stereocenters. The van der Waals surface area contributed by atoms with Crippen molar-refractivity contribution >= 4 is 61.8 Å². The molecule has 0 bridgehead atoms. The Hall–Kier alpha value is -2.30. The molecule has 1 aromatic carbocycles. The molecular weight excluding hydrogens is 446 g/mol. The number of rotatable bonds is 7. The van der Waals surface area contributed by atoms with E-state index < -0.39 is 0 Å². The zero-order valence-electron chi connectivity index (χ0n) is 16.5. The lowest BCUT2D eigenvalue weighted by Gasteiger charge is -2.13. The first-order chi connectivity index (χ1) is 14.6. The lowest BCUT2D eigenvalue weighted by atomic mass is 10.2. The van der Waals surface area contributed by atoms with E-state index in [2.05, 4.69) is 25.2 Å². The molecule has 11 heteroatoms. The Bertz CT molecular complexity index is 1070. The van der Waals surface area contributed by atoms with E-state index in [0.717, 1.165) is 27.9 Å². The van der Waals surface area contributed by atoms with Crippen LogP contribution in [0.2, 0.25) is 5.02 Å². The van der Waals surface area contributed by atoms with E-state index in [1.54, 1.807) is 23.5 Å². The van der Waals surface area contributed by atoms with Gasteiger partial charge in [-0.05, 0) is 18.9 Å². The van der Waals surface area contributed by atoms with Crippen molar-refractivity contribution in [2.45, 2.75) is 17.9 Å². The van der Waals surface area contributed by atoms with Gasteiger partial charge < -0.3 is 19.7 Å². The second-order valence-corrected chi connectivity index (χ2v) is 8.89. The zero-order valence-corrected chi connectivity index (χ0v) is 18.9. The van der Waals surface area contributed by atoms with Crippen molar-refractivity contribution in [3.63, 3.8) is 0 Å². The van der Waals surface area contributed by atoms with Gasteiger partial charge in [0.2, 0.25) is 5.91 Å². The Kier molecular flexibility index (Phi) is 6.45. The maximum Gasteiger partial charge on any atom is 0.234 e. The molecule has 1 fully saturated rings. The molecule has 1 amide bonds. The molecule has 1 saturated heterocycles. The molecule has 3 heterocycles. The van der Waals surface area contributed by atoms with Crippen molar-refractivity contribution in [3.8, 4) is 11.5 Å². The smallest absolute Gasteiger partial charge is 0.234 e.